The summed E-state index contributed by atoms with van der Waals surface area (Å²) < 4.78 is 0. The minimum Gasteiger partial charge on any atom is -0.372 e. The zero-order valence-corrected chi connectivity index (χ0v) is 20.9. The number of aliphatic imine (C=N–C) groups is 1. The summed E-state index contributed by atoms with van der Waals surface area (Å²) in [7, 11) is 0. The van der Waals surface area contributed by atoms with Gasteiger partial charge in [0.2, 0.25) is 5.78 Å². The number of benzene rings is 2. The van der Waals surface area contributed by atoms with Crippen molar-refractivity contribution in [1.82, 2.24) is 5.32 Å². The number of nitrogens with zero attached hydrogens (tertiary/aromatic N) is 2. The van der Waals surface area contributed by atoms with Gasteiger partial charge in [-0.15, -0.1) is 0 Å². The summed E-state index contributed by atoms with van der Waals surface area (Å²) in [6.07, 6.45) is 6.23. The first-order valence-electron chi connectivity index (χ1n) is 11.9. The second-order valence-electron chi connectivity index (χ2n) is 8.35. The van der Waals surface area contributed by atoms with Crippen molar-refractivity contribution in [3.05, 3.63) is 82.5 Å². The van der Waals surface area contributed by atoms with Gasteiger partial charge in [-0.1, -0.05) is 56.5 Å². The van der Waals surface area contributed by atoms with Crippen LogP contribution in [0.5, 0.6) is 0 Å². The van der Waals surface area contributed by atoms with Crippen LogP contribution in [0.3, 0.4) is 0 Å². The second kappa shape index (κ2) is 12.3. The van der Waals surface area contributed by atoms with Crippen LogP contribution in [0, 0.1) is 0 Å². The normalized spacial score (nSPS) is 14.9. The van der Waals surface area contributed by atoms with Crippen LogP contribution in [0.2, 0.25) is 0 Å². The van der Waals surface area contributed by atoms with E-state index in [1.165, 1.54) is 5.69 Å². The molecule has 6 heteroatoms. The first-order valence-corrected chi connectivity index (χ1v) is 12.3. The first kappa shape index (κ1) is 25.4. The molecule has 1 aliphatic carbocycles. The molecule has 3 rings (SSSR count). The van der Waals surface area contributed by atoms with Crippen molar-refractivity contribution < 1.29 is 9.59 Å². The van der Waals surface area contributed by atoms with E-state index >= 15 is 0 Å². The van der Waals surface area contributed by atoms with E-state index in [1.807, 2.05) is 18.2 Å². The van der Waals surface area contributed by atoms with Gasteiger partial charge in [-0.3, -0.25) is 9.59 Å². The Bertz CT molecular complexity index is 1090. The van der Waals surface area contributed by atoms with Crippen molar-refractivity contribution in [2.24, 2.45) is 4.99 Å². The van der Waals surface area contributed by atoms with Crippen LogP contribution < -0.4 is 10.2 Å². The van der Waals surface area contributed by atoms with Crippen LogP contribution in [0.4, 0.5) is 11.4 Å². The van der Waals surface area contributed by atoms with Crippen LogP contribution in [0.15, 0.2) is 82.0 Å². The van der Waals surface area contributed by atoms with Gasteiger partial charge in [0.15, 0.2) is 0 Å². The number of carbonyl (C=O) groups excluding carboxylic acids is 2. The van der Waals surface area contributed by atoms with Gasteiger partial charge < -0.3 is 10.2 Å². The maximum atomic E-state index is 12.7. The van der Waals surface area contributed by atoms with Gasteiger partial charge in [0.25, 0.3) is 5.91 Å². The Balaban J connectivity index is 1.83. The molecule has 0 fully saturated rings. The molecule has 0 spiro atoms. The molecule has 0 heterocycles. The molecule has 0 saturated carbocycles. The van der Waals surface area contributed by atoms with Crippen molar-refractivity contribution in [3.63, 3.8) is 0 Å². The summed E-state index contributed by atoms with van der Waals surface area (Å²) in [6, 6.07) is 16.9. The zero-order valence-electron chi connectivity index (χ0n) is 20.1. The smallest absolute Gasteiger partial charge is 0.255 e. The molecular formula is C28H32ClN3O2. The summed E-state index contributed by atoms with van der Waals surface area (Å²) in [5.74, 6) is -0.785. The number of ketones is 1. The molecule has 2 aromatic carbocycles. The fourth-order valence-electron chi connectivity index (χ4n) is 3.65. The summed E-state index contributed by atoms with van der Waals surface area (Å²) in [5.41, 5.74) is 3.65. The van der Waals surface area contributed by atoms with Gasteiger partial charge >= 0.3 is 0 Å². The Morgan fingerprint density at radius 2 is 1.59 bits per heavy atom. The van der Waals surface area contributed by atoms with Crippen LogP contribution in [-0.2, 0) is 4.79 Å². The maximum Gasteiger partial charge on any atom is 0.255 e. The highest BCUT2D eigenvalue weighted by Crippen LogP contribution is 2.26. The lowest BCUT2D eigenvalue weighted by Gasteiger charge is -2.24. The molecule has 0 saturated heterocycles. The highest BCUT2D eigenvalue weighted by molar-refractivity contribution is 6.49. The number of nitrogens with one attached hydrogen (secondary N) is 1. The third-order valence-corrected chi connectivity index (χ3v) is 6.21. The molecule has 1 amide bonds. The lowest BCUT2D eigenvalue weighted by molar-refractivity contribution is -0.112. The summed E-state index contributed by atoms with van der Waals surface area (Å²) >= 11 is 6.32. The average molecular weight is 478 g/mol. The van der Waals surface area contributed by atoms with E-state index in [9.17, 15) is 9.59 Å². The number of Topliss-reactive ketones (excluding diaryl/α,β-unsaturated/α-hetero) is 1. The Kier molecular flexibility index (Phi) is 9.23. The van der Waals surface area contributed by atoms with E-state index in [0.717, 1.165) is 44.5 Å². The lowest BCUT2D eigenvalue weighted by atomic mass is 10.0. The molecule has 0 unspecified atom stereocenters. The van der Waals surface area contributed by atoms with Gasteiger partial charge in [-0.05, 0) is 67.8 Å². The van der Waals surface area contributed by atoms with E-state index in [4.69, 9.17) is 16.6 Å². The van der Waals surface area contributed by atoms with Gasteiger partial charge in [-0.2, -0.15) is 0 Å². The predicted octanol–water partition coefficient (Wildman–Crippen LogP) is 6.58. The molecule has 2 aromatic rings. The molecule has 1 aliphatic rings. The molecule has 1 N–H and O–H groups in total. The number of hydrogen-bond acceptors (Lipinski definition) is 4. The van der Waals surface area contributed by atoms with Crippen LogP contribution in [0.25, 0.3) is 0 Å². The Labute approximate surface area is 207 Å². The average Bonchev–Trinajstić information content (AvgIpc) is 2.86. The number of halogens is 1. The van der Waals surface area contributed by atoms with Gasteiger partial charge in [0.05, 0.1) is 22.1 Å². The van der Waals surface area contributed by atoms with E-state index < -0.39 is 5.78 Å². The number of hydrogen-bond donors (Lipinski definition) is 1. The third-order valence-electron chi connectivity index (χ3n) is 5.75. The summed E-state index contributed by atoms with van der Waals surface area (Å²) in [4.78, 5) is 32.3. The number of rotatable bonds is 10. The van der Waals surface area contributed by atoms with Crippen molar-refractivity contribution in [1.29, 1.82) is 0 Å². The highest BCUT2D eigenvalue weighted by atomic mass is 35.5. The molecule has 0 bridgehead atoms. The minimum atomic E-state index is -0.416. The molecule has 0 aromatic heterocycles. The fourth-order valence-corrected chi connectivity index (χ4v) is 3.85. The van der Waals surface area contributed by atoms with Crippen molar-refractivity contribution in [3.8, 4) is 0 Å². The number of allylic oxidation sites excluding steroid dienone is 3. The van der Waals surface area contributed by atoms with Crippen molar-refractivity contribution in [2.75, 3.05) is 18.0 Å². The quantitative estimate of drug-likeness (QED) is 0.393. The Morgan fingerprint density at radius 3 is 2.18 bits per heavy atom. The number of unbranched alkanes of at least 4 members (excludes halogenated alkanes) is 2. The van der Waals surface area contributed by atoms with E-state index in [-0.39, 0.29) is 16.6 Å². The Morgan fingerprint density at radius 1 is 0.971 bits per heavy atom. The topological polar surface area (TPSA) is 61.8 Å². The SMILES string of the molecule is CCCCN(CCCC)c1ccc(N=C2C=C(NC(=O)c3ccccc3)C(=O)C(Cl)=C2C)cc1. The van der Waals surface area contributed by atoms with Gasteiger partial charge in [0, 0.05) is 24.3 Å². The first-order chi connectivity index (χ1) is 16.4. The Hall–Kier alpha value is -3.18. The number of amides is 1. The molecule has 5 nitrogen and oxygen atoms in total. The minimum absolute atomic E-state index is 0.0616. The van der Waals surface area contributed by atoms with Crippen LogP contribution >= 0.6 is 11.6 Å². The van der Waals surface area contributed by atoms with E-state index in [2.05, 4.69) is 36.2 Å². The largest absolute Gasteiger partial charge is 0.372 e. The molecule has 0 aliphatic heterocycles. The van der Waals surface area contributed by atoms with Crippen molar-refractivity contribution >= 4 is 40.4 Å². The molecule has 0 atom stereocenters. The lowest BCUT2D eigenvalue weighted by Crippen LogP contribution is -2.31. The fraction of sp³-hybridized carbons (Fsp3) is 0.321. The number of carbonyl (C=O) groups is 2. The van der Waals surface area contributed by atoms with Crippen LogP contribution in [-0.4, -0.2) is 30.5 Å². The molecular weight excluding hydrogens is 446 g/mol. The second-order valence-corrected chi connectivity index (χ2v) is 8.73. The highest BCUT2D eigenvalue weighted by Gasteiger charge is 2.25. The monoisotopic (exact) mass is 477 g/mol. The van der Waals surface area contributed by atoms with Crippen molar-refractivity contribution in [2.45, 2.75) is 46.5 Å². The maximum absolute atomic E-state index is 12.7. The van der Waals surface area contributed by atoms with E-state index in [1.54, 1.807) is 37.3 Å². The molecule has 34 heavy (non-hydrogen) atoms. The van der Waals surface area contributed by atoms with Crippen LogP contribution in [0.1, 0.15) is 56.8 Å². The van der Waals surface area contributed by atoms with E-state index in [0.29, 0.717) is 16.8 Å². The predicted molar refractivity (Wildman–Crippen MR) is 141 cm³/mol. The molecule has 178 valence electrons. The van der Waals surface area contributed by atoms with Gasteiger partial charge in [0.1, 0.15) is 0 Å². The standard InChI is InChI=1S/C28H32ClN3O2/c1-4-6-17-32(18-7-5-2)23-15-13-22(14-16-23)30-24-19-25(27(33)26(29)20(24)3)31-28(34)21-11-9-8-10-12-21/h8-16,19H,4-7,17-18H2,1-3H3,(H,31,34). The summed E-state index contributed by atoms with van der Waals surface area (Å²) in [6.45, 7) is 8.25. The third kappa shape index (κ3) is 6.45. The molecule has 0 radical (unpaired) electrons. The number of anilines is 1. The summed E-state index contributed by atoms with van der Waals surface area (Å²) in [5, 5.41) is 2.74. The zero-order chi connectivity index (χ0) is 24.5. The van der Waals surface area contributed by atoms with Gasteiger partial charge in [-0.25, -0.2) is 4.99 Å².